The van der Waals surface area contributed by atoms with Gasteiger partial charge in [0.2, 0.25) is 0 Å². The molecule has 0 saturated heterocycles. The van der Waals surface area contributed by atoms with Gasteiger partial charge in [-0.1, -0.05) is 67.0 Å². The summed E-state index contributed by atoms with van der Waals surface area (Å²) in [5, 5.41) is 15.1. The van der Waals surface area contributed by atoms with E-state index >= 15 is 0 Å². The topological polar surface area (TPSA) is 92.8 Å². The van der Waals surface area contributed by atoms with Gasteiger partial charge in [0.15, 0.2) is 11.6 Å². The smallest absolute Gasteiger partial charge is 0.168 e. The first-order valence-corrected chi connectivity index (χ1v) is 12.9. The van der Waals surface area contributed by atoms with E-state index in [9.17, 15) is 14.7 Å². The summed E-state index contributed by atoms with van der Waals surface area (Å²) in [6.07, 6.45) is 2.54. The van der Waals surface area contributed by atoms with Crippen LogP contribution in [0.4, 0.5) is 5.69 Å². The second kappa shape index (κ2) is 9.92. The molecule has 190 valence electrons. The zero-order valence-corrected chi connectivity index (χ0v) is 21.6. The molecular formula is C31H32N2O4. The number of hydrogen-bond acceptors (Lipinski definition) is 6. The van der Waals surface area contributed by atoms with Crippen molar-refractivity contribution in [1.29, 1.82) is 0 Å². The number of aliphatic hydroxyl groups is 1. The number of carbonyl (C=O) groups excluding carboxylic acids is 2. The van der Waals surface area contributed by atoms with E-state index in [-0.39, 0.29) is 28.7 Å². The van der Waals surface area contributed by atoms with E-state index in [0.717, 1.165) is 11.1 Å². The maximum absolute atomic E-state index is 13.2. The molecule has 0 fully saturated rings. The molecule has 0 amide bonds. The molecule has 0 spiro atoms. The summed E-state index contributed by atoms with van der Waals surface area (Å²) >= 11 is 0. The lowest BCUT2D eigenvalue weighted by Crippen LogP contribution is -2.29. The van der Waals surface area contributed by atoms with Gasteiger partial charge in [-0.25, -0.2) is 0 Å². The van der Waals surface area contributed by atoms with Crippen molar-refractivity contribution in [2.24, 2.45) is 10.4 Å². The first-order valence-electron chi connectivity index (χ1n) is 12.9. The van der Waals surface area contributed by atoms with E-state index in [1.165, 1.54) is 0 Å². The summed E-state index contributed by atoms with van der Waals surface area (Å²) in [5.41, 5.74) is 4.61. The molecule has 0 aliphatic heterocycles. The summed E-state index contributed by atoms with van der Waals surface area (Å²) < 4.78 is 5.65. The first kappa shape index (κ1) is 24.9. The number of aliphatic imine (C=N–C) groups is 1. The van der Waals surface area contributed by atoms with Gasteiger partial charge < -0.3 is 9.63 Å². The van der Waals surface area contributed by atoms with Crippen LogP contribution >= 0.6 is 0 Å². The van der Waals surface area contributed by atoms with Gasteiger partial charge in [-0.3, -0.25) is 14.6 Å². The lowest BCUT2D eigenvalue weighted by molar-refractivity contribution is -0.117. The maximum Gasteiger partial charge on any atom is 0.168 e. The molecule has 6 nitrogen and oxygen atoms in total. The molecule has 1 aromatic heterocycles. The molecule has 3 aromatic rings. The van der Waals surface area contributed by atoms with E-state index in [1.807, 2.05) is 75.4 Å². The number of fused-ring (bicyclic) bond motifs is 1. The summed E-state index contributed by atoms with van der Waals surface area (Å²) in [6.45, 7) is 5.96. The number of benzene rings is 2. The molecule has 37 heavy (non-hydrogen) atoms. The molecule has 1 heterocycles. The molecule has 1 atom stereocenters. The standard InChI is InChI=1S/C31H32N2O4/c1-19-9-11-22(12-10-19)32-23(29-26(35)17-31(2,3)18-27(29)36)13-14-24-30-25(34)15-21(16-28(30)37-33-24)20-7-5-4-6-8-20/h4-12,21,35H,13-18H2,1-3H3. The van der Waals surface area contributed by atoms with Crippen molar-refractivity contribution in [2.45, 2.75) is 65.2 Å². The molecule has 0 bridgehead atoms. The second-order valence-corrected chi connectivity index (χ2v) is 11.0. The van der Waals surface area contributed by atoms with Crippen LogP contribution in [0.25, 0.3) is 0 Å². The van der Waals surface area contributed by atoms with Gasteiger partial charge in [0.05, 0.1) is 28.2 Å². The number of allylic oxidation sites excluding steroid dienone is 2. The van der Waals surface area contributed by atoms with Gasteiger partial charge in [-0.2, -0.15) is 0 Å². The van der Waals surface area contributed by atoms with Crippen molar-refractivity contribution in [3.05, 3.63) is 94.1 Å². The van der Waals surface area contributed by atoms with Crippen LogP contribution in [0.5, 0.6) is 0 Å². The van der Waals surface area contributed by atoms with Gasteiger partial charge in [-0.15, -0.1) is 0 Å². The molecule has 2 aliphatic rings. The number of rotatable bonds is 6. The van der Waals surface area contributed by atoms with Crippen LogP contribution in [0, 0.1) is 12.3 Å². The fourth-order valence-corrected chi connectivity index (χ4v) is 5.44. The van der Waals surface area contributed by atoms with Crippen molar-refractivity contribution < 1.29 is 19.2 Å². The van der Waals surface area contributed by atoms with Gasteiger partial charge >= 0.3 is 0 Å². The minimum absolute atomic E-state index is 0.0286. The lowest BCUT2D eigenvalue weighted by Gasteiger charge is -2.30. The summed E-state index contributed by atoms with van der Waals surface area (Å²) in [7, 11) is 0. The quantitative estimate of drug-likeness (QED) is 0.379. The van der Waals surface area contributed by atoms with Crippen molar-refractivity contribution in [3.8, 4) is 0 Å². The zero-order chi connectivity index (χ0) is 26.2. The number of Topliss-reactive ketones (excluding diaryl/α,β-unsaturated/α-hetero) is 2. The molecular weight excluding hydrogens is 464 g/mol. The van der Waals surface area contributed by atoms with Crippen molar-refractivity contribution in [3.63, 3.8) is 0 Å². The highest BCUT2D eigenvalue weighted by molar-refractivity contribution is 6.23. The van der Waals surface area contributed by atoms with Crippen molar-refractivity contribution in [2.75, 3.05) is 0 Å². The Kier molecular flexibility index (Phi) is 6.67. The molecule has 1 unspecified atom stereocenters. The van der Waals surface area contributed by atoms with Crippen molar-refractivity contribution in [1.82, 2.24) is 5.16 Å². The van der Waals surface area contributed by atoms with Crippen LogP contribution < -0.4 is 0 Å². The first-order chi connectivity index (χ1) is 17.7. The molecule has 0 radical (unpaired) electrons. The van der Waals surface area contributed by atoms with E-state index in [2.05, 4.69) is 5.16 Å². The van der Waals surface area contributed by atoms with Crippen LogP contribution in [0.1, 0.15) is 78.4 Å². The summed E-state index contributed by atoms with van der Waals surface area (Å²) in [6, 6.07) is 17.7. The predicted octanol–water partition coefficient (Wildman–Crippen LogP) is 6.80. The van der Waals surface area contributed by atoms with Crippen LogP contribution in [-0.2, 0) is 17.6 Å². The average molecular weight is 497 g/mol. The Morgan fingerprint density at radius 3 is 2.46 bits per heavy atom. The Bertz CT molecular complexity index is 1390. The average Bonchev–Trinajstić information content (AvgIpc) is 3.26. The van der Waals surface area contributed by atoms with Gasteiger partial charge in [-0.05, 0) is 48.8 Å². The fourth-order valence-electron chi connectivity index (χ4n) is 5.44. The third-order valence-electron chi connectivity index (χ3n) is 7.28. The molecule has 5 rings (SSSR count). The summed E-state index contributed by atoms with van der Waals surface area (Å²) in [4.78, 5) is 31.1. The van der Waals surface area contributed by atoms with E-state index in [4.69, 9.17) is 9.52 Å². The number of aliphatic hydroxyl groups excluding tert-OH is 1. The largest absolute Gasteiger partial charge is 0.511 e. The SMILES string of the molecule is Cc1ccc(N=C(CCc2noc3c2C(=O)CC(c2ccccc2)C3)C2=C(O)CC(C)(C)CC2=O)cc1. The number of hydrogen-bond donors (Lipinski definition) is 1. The Labute approximate surface area is 217 Å². The van der Waals surface area contributed by atoms with E-state index in [0.29, 0.717) is 72.5 Å². The fraction of sp³-hybridized carbons (Fsp3) is 0.355. The Morgan fingerprint density at radius 2 is 1.76 bits per heavy atom. The predicted molar refractivity (Wildman–Crippen MR) is 143 cm³/mol. The maximum atomic E-state index is 13.2. The number of ketones is 2. The Hall–Kier alpha value is -3.80. The molecule has 0 saturated carbocycles. The Morgan fingerprint density at radius 1 is 1.03 bits per heavy atom. The third-order valence-corrected chi connectivity index (χ3v) is 7.28. The molecule has 2 aliphatic carbocycles. The van der Waals surface area contributed by atoms with Crippen LogP contribution in [-0.4, -0.2) is 27.5 Å². The van der Waals surface area contributed by atoms with Crippen LogP contribution in [0.2, 0.25) is 0 Å². The van der Waals surface area contributed by atoms with Crippen LogP contribution in [0.15, 0.2) is 75.4 Å². The van der Waals surface area contributed by atoms with E-state index < -0.39 is 0 Å². The highest BCUT2D eigenvalue weighted by Crippen LogP contribution is 2.38. The number of aryl methyl sites for hydroxylation is 2. The van der Waals surface area contributed by atoms with Crippen molar-refractivity contribution >= 4 is 23.0 Å². The number of carbonyl (C=O) groups is 2. The normalized spacial score (nSPS) is 19.8. The minimum Gasteiger partial charge on any atom is -0.511 e. The van der Waals surface area contributed by atoms with E-state index in [1.54, 1.807) is 0 Å². The highest BCUT2D eigenvalue weighted by atomic mass is 16.5. The molecule has 1 N–H and O–H groups in total. The van der Waals surface area contributed by atoms with Gasteiger partial charge in [0.25, 0.3) is 0 Å². The Balaban J connectivity index is 1.43. The van der Waals surface area contributed by atoms with Crippen LogP contribution in [0.3, 0.4) is 0 Å². The van der Waals surface area contributed by atoms with Gasteiger partial charge in [0, 0.05) is 25.7 Å². The number of aromatic nitrogens is 1. The third kappa shape index (κ3) is 5.33. The number of nitrogens with zero attached hydrogens (tertiary/aromatic N) is 2. The molecule has 6 heteroatoms. The second-order valence-electron chi connectivity index (χ2n) is 11.0. The lowest BCUT2D eigenvalue weighted by atomic mass is 9.75. The minimum atomic E-state index is -0.299. The highest BCUT2D eigenvalue weighted by Gasteiger charge is 2.36. The zero-order valence-electron chi connectivity index (χ0n) is 21.6. The van der Waals surface area contributed by atoms with Gasteiger partial charge in [0.1, 0.15) is 11.5 Å². The summed E-state index contributed by atoms with van der Waals surface area (Å²) in [5.74, 6) is 0.696. The molecule has 2 aromatic carbocycles. The monoisotopic (exact) mass is 496 g/mol.